The molecule has 1 aliphatic carbocycles. The maximum absolute atomic E-state index is 12.5. The van der Waals surface area contributed by atoms with E-state index < -0.39 is 11.9 Å². The van der Waals surface area contributed by atoms with Gasteiger partial charge in [0, 0.05) is 23.7 Å². The summed E-state index contributed by atoms with van der Waals surface area (Å²) in [7, 11) is 0. The molecule has 1 aromatic rings. The van der Waals surface area contributed by atoms with E-state index in [9.17, 15) is 13.2 Å². The molecule has 1 fully saturated rings. The predicted molar refractivity (Wildman–Crippen MR) is 63.3 cm³/mol. The highest BCUT2D eigenvalue weighted by Crippen LogP contribution is 2.35. The number of hydrogen-bond donors (Lipinski definition) is 1. The van der Waals surface area contributed by atoms with Crippen LogP contribution in [0.4, 0.5) is 13.2 Å². The van der Waals surface area contributed by atoms with Gasteiger partial charge < -0.3 is 5.32 Å². The molecular weight excluding hydrogens is 241 g/mol. The Bertz CT molecular complexity index is 424. The summed E-state index contributed by atoms with van der Waals surface area (Å²) in [6, 6.07) is 4.07. The van der Waals surface area contributed by atoms with Crippen LogP contribution in [-0.2, 0) is 6.18 Å². The second-order valence-electron chi connectivity index (χ2n) is 5.29. The topological polar surface area (TPSA) is 24.9 Å². The maximum atomic E-state index is 12.5. The standard InChI is InChI=1S/C13H17F3N2/c1-9(8-17-12(2)6-7-12)10-4-3-5-11(18-10)13(14,15)16/h3-5,9,17H,6-8H2,1-2H3/t9-/m1/s1. The molecule has 2 nitrogen and oxygen atoms in total. The molecule has 1 aliphatic rings. The number of hydrogen-bond acceptors (Lipinski definition) is 2. The van der Waals surface area contributed by atoms with Gasteiger partial charge in [-0.1, -0.05) is 13.0 Å². The minimum Gasteiger partial charge on any atom is -0.311 e. The Labute approximate surface area is 105 Å². The van der Waals surface area contributed by atoms with E-state index in [1.807, 2.05) is 6.92 Å². The molecule has 18 heavy (non-hydrogen) atoms. The van der Waals surface area contributed by atoms with E-state index in [1.54, 1.807) is 6.07 Å². The monoisotopic (exact) mass is 258 g/mol. The number of alkyl halides is 3. The van der Waals surface area contributed by atoms with Crippen LogP contribution in [0, 0.1) is 0 Å². The third-order valence-corrected chi connectivity index (χ3v) is 3.40. The van der Waals surface area contributed by atoms with Crippen LogP contribution >= 0.6 is 0 Å². The Morgan fingerprint density at radius 1 is 1.39 bits per heavy atom. The quantitative estimate of drug-likeness (QED) is 0.895. The fourth-order valence-electron chi connectivity index (χ4n) is 1.75. The Hall–Kier alpha value is -1.10. The van der Waals surface area contributed by atoms with Gasteiger partial charge in [0.25, 0.3) is 0 Å². The minimum absolute atomic E-state index is 0.0234. The second kappa shape index (κ2) is 4.53. The van der Waals surface area contributed by atoms with Gasteiger partial charge in [0.1, 0.15) is 5.69 Å². The molecule has 0 saturated heterocycles. The van der Waals surface area contributed by atoms with Crippen LogP contribution < -0.4 is 5.32 Å². The van der Waals surface area contributed by atoms with E-state index in [1.165, 1.54) is 6.07 Å². The van der Waals surface area contributed by atoms with Gasteiger partial charge in [-0.3, -0.25) is 0 Å². The molecule has 1 atom stereocenters. The number of halogens is 3. The number of aromatic nitrogens is 1. The molecule has 0 amide bonds. The molecule has 1 heterocycles. The van der Waals surface area contributed by atoms with Crippen LogP contribution in [0.2, 0.25) is 0 Å². The summed E-state index contributed by atoms with van der Waals surface area (Å²) in [4.78, 5) is 3.70. The summed E-state index contributed by atoms with van der Waals surface area (Å²) in [6.07, 6.45) is -2.10. The van der Waals surface area contributed by atoms with E-state index in [-0.39, 0.29) is 11.5 Å². The molecule has 2 rings (SSSR count). The fraction of sp³-hybridized carbons (Fsp3) is 0.615. The highest BCUT2D eigenvalue weighted by Gasteiger charge is 2.37. The van der Waals surface area contributed by atoms with Crippen LogP contribution in [-0.4, -0.2) is 17.1 Å². The van der Waals surface area contributed by atoms with Crippen LogP contribution in [0.3, 0.4) is 0 Å². The normalized spacial score (nSPS) is 19.6. The lowest BCUT2D eigenvalue weighted by Gasteiger charge is -2.17. The summed E-state index contributed by atoms with van der Waals surface area (Å²) in [5.74, 6) is -0.0234. The highest BCUT2D eigenvalue weighted by atomic mass is 19.4. The van der Waals surface area contributed by atoms with E-state index in [0.29, 0.717) is 12.2 Å². The summed E-state index contributed by atoms with van der Waals surface area (Å²) in [5, 5.41) is 3.37. The highest BCUT2D eigenvalue weighted by molar-refractivity contribution is 5.17. The van der Waals surface area contributed by atoms with Crippen molar-refractivity contribution in [3.05, 3.63) is 29.6 Å². The first-order valence-corrected chi connectivity index (χ1v) is 6.09. The van der Waals surface area contributed by atoms with Crippen molar-refractivity contribution < 1.29 is 13.2 Å². The van der Waals surface area contributed by atoms with Crippen LogP contribution in [0.25, 0.3) is 0 Å². The van der Waals surface area contributed by atoms with Crippen molar-refractivity contribution in [1.82, 2.24) is 10.3 Å². The summed E-state index contributed by atoms with van der Waals surface area (Å²) in [6.45, 7) is 4.67. The fourth-order valence-corrected chi connectivity index (χ4v) is 1.75. The molecule has 0 radical (unpaired) electrons. The van der Waals surface area contributed by atoms with E-state index in [0.717, 1.165) is 18.9 Å². The second-order valence-corrected chi connectivity index (χ2v) is 5.29. The Kier molecular flexibility index (Phi) is 3.36. The van der Waals surface area contributed by atoms with Crippen molar-refractivity contribution in [1.29, 1.82) is 0 Å². The summed E-state index contributed by atoms with van der Waals surface area (Å²) in [5.41, 5.74) is -0.137. The van der Waals surface area contributed by atoms with E-state index in [4.69, 9.17) is 0 Å². The SMILES string of the molecule is C[C@H](CNC1(C)CC1)c1cccc(C(F)(F)F)n1. The number of pyridine rings is 1. The predicted octanol–water partition coefficient (Wildman–Crippen LogP) is 3.35. The molecule has 0 spiro atoms. The van der Waals surface area contributed by atoms with E-state index in [2.05, 4.69) is 17.2 Å². The van der Waals surface area contributed by atoms with Crippen molar-refractivity contribution in [2.75, 3.05) is 6.54 Å². The van der Waals surface area contributed by atoms with Gasteiger partial charge in [0.05, 0.1) is 0 Å². The zero-order valence-electron chi connectivity index (χ0n) is 10.5. The zero-order valence-corrected chi connectivity index (χ0v) is 10.5. The first kappa shape index (κ1) is 13.3. The Morgan fingerprint density at radius 3 is 2.61 bits per heavy atom. The van der Waals surface area contributed by atoms with Crippen molar-refractivity contribution in [3.63, 3.8) is 0 Å². The molecule has 5 heteroatoms. The molecule has 1 saturated carbocycles. The first-order chi connectivity index (χ1) is 8.30. The average Bonchev–Trinajstić information content (AvgIpc) is 3.04. The average molecular weight is 258 g/mol. The summed E-state index contributed by atoms with van der Waals surface area (Å²) < 4.78 is 37.6. The largest absolute Gasteiger partial charge is 0.433 e. The lowest BCUT2D eigenvalue weighted by Crippen LogP contribution is -2.31. The molecule has 1 N–H and O–H groups in total. The van der Waals surface area contributed by atoms with Crippen molar-refractivity contribution >= 4 is 0 Å². The van der Waals surface area contributed by atoms with Crippen LogP contribution in [0.1, 0.15) is 44.0 Å². The van der Waals surface area contributed by atoms with Crippen molar-refractivity contribution in [2.24, 2.45) is 0 Å². The third-order valence-electron chi connectivity index (χ3n) is 3.40. The van der Waals surface area contributed by atoms with Gasteiger partial charge in [-0.25, -0.2) is 4.98 Å². The van der Waals surface area contributed by atoms with Crippen molar-refractivity contribution in [2.45, 2.75) is 44.3 Å². The summed E-state index contributed by atoms with van der Waals surface area (Å²) >= 11 is 0. The van der Waals surface area contributed by atoms with Gasteiger partial charge in [-0.05, 0) is 31.9 Å². The smallest absolute Gasteiger partial charge is 0.311 e. The van der Waals surface area contributed by atoms with Gasteiger partial charge >= 0.3 is 6.18 Å². The number of nitrogens with one attached hydrogen (secondary N) is 1. The minimum atomic E-state index is -4.37. The molecule has 0 aliphatic heterocycles. The van der Waals surface area contributed by atoms with Gasteiger partial charge in [0.2, 0.25) is 0 Å². The molecule has 0 unspecified atom stereocenters. The number of nitrogens with zero attached hydrogens (tertiary/aromatic N) is 1. The van der Waals surface area contributed by atoms with Crippen LogP contribution in [0.15, 0.2) is 18.2 Å². The van der Waals surface area contributed by atoms with E-state index >= 15 is 0 Å². The van der Waals surface area contributed by atoms with Crippen LogP contribution in [0.5, 0.6) is 0 Å². The molecule has 1 aromatic heterocycles. The van der Waals surface area contributed by atoms with Crippen molar-refractivity contribution in [3.8, 4) is 0 Å². The van der Waals surface area contributed by atoms with Gasteiger partial charge in [0.15, 0.2) is 0 Å². The van der Waals surface area contributed by atoms with Gasteiger partial charge in [-0.2, -0.15) is 13.2 Å². The zero-order chi connectivity index (χ0) is 13.4. The third kappa shape index (κ3) is 3.22. The molecular formula is C13H17F3N2. The molecule has 0 bridgehead atoms. The number of rotatable bonds is 4. The van der Waals surface area contributed by atoms with Gasteiger partial charge in [-0.15, -0.1) is 0 Å². The lowest BCUT2D eigenvalue weighted by molar-refractivity contribution is -0.141. The first-order valence-electron chi connectivity index (χ1n) is 6.09. The Balaban J connectivity index is 2.03. The molecule has 100 valence electrons. The molecule has 0 aromatic carbocycles. The lowest BCUT2D eigenvalue weighted by atomic mass is 10.1. The maximum Gasteiger partial charge on any atom is 0.433 e. The Morgan fingerprint density at radius 2 is 2.06 bits per heavy atom.